The van der Waals surface area contributed by atoms with Gasteiger partial charge in [-0.15, -0.1) is 11.3 Å². The molecule has 0 unspecified atom stereocenters. The average Bonchev–Trinajstić information content (AvgIpc) is 3.12. The maximum Gasteiger partial charge on any atom is 0.189 e. The largest absolute Gasteiger partial charge is 0.289 e. The van der Waals surface area contributed by atoms with E-state index in [1.54, 1.807) is 40.4 Å². The third-order valence-corrected chi connectivity index (χ3v) is 4.47. The van der Waals surface area contributed by atoms with Gasteiger partial charge >= 0.3 is 0 Å². The van der Waals surface area contributed by atoms with Crippen LogP contribution in [0.1, 0.15) is 25.8 Å². The first-order valence-corrected chi connectivity index (χ1v) is 7.95. The molecule has 116 valence electrons. The smallest absolute Gasteiger partial charge is 0.189 e. The minimum atomic E-state index is -0.302. The third-order valence-electron chi connectivity index (χ3n) is 3.51. The maximum absolute atomic E-state index is 13.0. The fraction of sp³-hybridized carbons (Fsp3) is 0.111. The highest BCUT2D eigenvalue weighted by atomic mass is 32.1. The van der Waals surface area contributed by atoms with E-state index in [-0.39, 0.29) is 11.6 Å². The molecule has 0 N–H and O–H groups in total. The topological polar surface area (TPSA) is 34.9 Å². The van der Waals surface area contributed by atoms with Crippen LogP contribution < -0.4 is 0 Å². The summed E-state index contributed by atoms with van der Waals surface area (Å²) in [6.07, 6.45) is 4.92. The van der Waals surface area contributed by atoms with Gasteiger partial charge < -0.3 is 0 Å². The predicted octanol–water partition coefficient (Wildman–Crippen LogP) is 4.59. The van der Waals surface area contributed by atoms with Gasteiger partial charge in [0.25, 0.3) is 0 Å². The van der Waals surface area contributed by atoms with Gasteiger partial charge in [-0.3, -0.25) is 4.79 Å². The quantitative estimate of drug-likeness (QED) is 0.519. The van der Waals surface area contributed by atoms with Crippen molar-refractivity contribution in [1.29, 1.82) is 0 Å². The number of hydrogen-bond donors (Lipinski definition) is 0. The molecule has 2 aromatic heterocycles. The zero-order chi connectivity index (χ0) is 16.4. The lowest BCUT2D eigenvalue weighted by Gasteiger charge is -2.04. The Kier molecular flexibility index (Phi) is 4.21. The first-order valence-electron chi connectivity index (χ1n) is 7.14. The molecule has 1 aromatic carbocycles. The zero-order valence-corrected chi connectivity index (χ0v) is 13.6. The molecule has 3 nitrogen and oxygen atoms in total. The van der Waals surface area contributed by atoms with Gasteiger partial charge in [-0.25, -0.2) is 9.07 Å². The summed E-state index contributed by atoms with van der Waals surface area (Å²) in [7, 11) is 0. The molecule has 0 bridgehead atoms. The summed E-state index contributed by atoms with van der Waals surface area (Å²) < 4.78 is 14.6. The number of rotatable bonds is 4. The first kappa shape index (κ1) is 15.4. The van der Waals surface area contributed by atoms with Crippen LogP contribution in [0.3, 0.4) is 0 Å². The van der Waals surface area contributed by atoms with Gasteiger partial charge in [0.15, 0.2) is 5.78 Å². The molecule has 0 spiro atoms. The summed E-state index contributed by atoms with van der Waals surface area (Å²) in [5.41, 5.74) is 1.99. The molecular weight excluding hydrogens is 311 g/mol. The highest BCUT2D eigenvalue weighted by Gasteiger charge is 2.13. The molecular formula is C18H15FN2OS. The number of aromatic nitrogens is 2. The number of ketones is 1. The van der Waals surface area contributed by atoms with E-state index >= 15 is 0 Å². The Balaban J connectivity index is 1.85. The van der Waals surface area contributed by atoms with E-state index in [1.165, 1.54) is 17.0 Å². The fourth-order valence-corrected chi connectivity index (χ4v) is 3.06. The molecule has 0 fully saturated rings. The van der Waals surface area contributed by atoms with Crippen molar-refractivity contribution in [1.82, 2.24) is 9.78 Å². The van der Waals surface area contributed by atoms with Crippen molar-refractivity contribution in [2.24, 2.45) is 0 Å². The number of thiophene rings is 1. The van der Waals surface area contributed by atoms with Gasteiger partial charge in [-0.2, -0.15) is 5.10 Å². The molecule has 0 saturated carbocycles. The van der Waals surface area contributed by atoms with Gasteiger partial charge in [0, 0.05) is 9.75 Å². The van der Waals surface area contributed by atoms with Gasteiger partial charge in [0.1, 0.15) is 5.82 Å². The Morgan fingerprint density at radius 3 is 2.57 bits per heavy atom. The van der Waals surface area contributed by atoms with Crippen LogP contribution in [0.4, 0.5) is 4.39 Å². The van der Waals surface area contributed by atoms with Gasteiger partial charge in [-0.05, 0) is 62.4 Å². The van der Waals surface area contributed by atoms with Crippen LogP contribution in [0.15, 0.2) is 48.7 Å². The van der Waals surface area contributed by atoms with Crippen molar-refractivity contribution in [3.05, 3.63) is 75.5 Å². The van der Waals surface area contributed by atoms with Gasteiger partial charge in [0.2, 0.25) is 0 Å². The van der Waals surface area contributed by atoms with Crippen LogP contribution in [0, 0.1) is 19.7 Å². The van der Waals surface area contributed by atoms with Crippen molar-refractivity contribution in [3.63, 3.8) is 0 Å². The van der Waals surface area contributed by atoms with Gasteiger partial charge in [0.05, 0.1) is 23.1 Å². The predicted molar refractivity (Wildman–Crippen MR) is 90.7 cm³/mol. The van der Waals surface area contributed by atoms with Crippen LogP contribution in [0.5, 0.6) is 0 Å². The molecule has 0 atom stereocenters. The van der Waals surface area contributed by atoms with Gasteiger partial charge in [-0.1, -0.05) is 0 Å². The summed E-state index contributed by atoms with van der Waals surface area (Å²) in [5, 5.41) is 4.24. The lowest BCUT2D eigenvalue weighted by molar-refractivity contribution is 0.104. The Hall–Kier alpha value is -2.53. The molecule has 0 amide bonds. The second kappa shape index (κ2) is 6.30. The minimum absolute atomic E-state index is 0.0954. The summed E-state index contributed by atoms with van der Waals surface area (Å²) in [4.78, 5) is 14.6. The average molecular weight is 326 g/mol. The van der Waals surface area contributed by atoms with E-state index in [9.17, 15) is 9.18 Å². The minimum Gasteiger partial charge on any atom is -0.289 e. The number of allylic oxidation sites excluding steroid dienone is 1. The van der Waals surface area contributed by atoms with Crippen molar-refractivity contribution in [2.75, 3.05) is 0 Å². The molecule has 23 heavy (non-hydrogen) atoms. The fourth-order valence-electron chi connectivity index (χ4n) is 2.28. The van der Waals surface area contributed by atoms with Crippen molar-refractivity contribution in [3.8, 4) is 5.69 Å². The molecule has 0 aliphatic heterocycles. The molecule has 0 saturated heterocycles. The van der Waals surface area contributed by atoms with E-state index in [4.69, 9.17) is 0 Å². The Morgan fingerprint density at radius 1 is 1.17 bits per heavy atom. The third kappa shape index (κ3) is 3.29. The number of hydrogen-bond acceptors (Lipinski definition) is 3. The number of nitrogens with zero attached hydrogens (tertiary/aromatic N) is 2. The summed E-state index contributed by atoms with van der Waals surface area (Å²) in [6.45, 7) is 3.85. The molecule has 3 aromatic rings. The Morgan fingerprint density at radius 2 is 1.91 bits per heavy atom. The molecule has 3 rings (SSSR count). The van der Waals surface area contributed by atoms with E-state index in [0.717, 1.165) is 16.3 Å². The number of carbonyl (C=O) groups is 1. The number of halogens is 1. The molecule has 5 heteroatoms. The molecule has 2 heterocycles. The number of aryl methyl sites for hydroxylation is 1. The van der Waals surface area contributed by atoms with Crippen LogP contribution >= 0.6 is 11.3 Å². The first-order chi connectivity index (χ1) is 11.0. The lowest BCUT2D eigenvalue weighted by atomic mass is 10.1. The highest BCUT2D eigenvalue weighted by molar-refractivity contribution is 7.12. The standard InChI is InChI=1S/C18H15FN2OS/c1-12-3-8-16(23-12)9-10-18(22)17-11-20-21(13(17)2)15-6-4-14(19)5-7-15/h3-11H,1-2H3. The second-order valence-corrected chi connectivity index (χ2v) is 6.50. The monoisotopic (exact) mass is 326 g/mol. The van der Waals surface area contributed by atoms with Crippen LogP contribution in [0.2, 0.25) is 0 Å². The normalized spacial score (nSPS) is 11.3. The molecule has 0 aliphatic carbocycles. The Labute approximate surface area is 137 Å². The SMILES string of the molecule is Cc1ccc(C=CC(=O)c2cnn(-c3ccc(F)cc3)c2C)s1. The van der Waals surface area contributed by atoms with E-state index < -0.39 is 0 Å². The van der Waals surface area contributed by atoms with Crippen molar-refractivity contribution >= 4 is 23.2 Å². The number of benzene rings is 1. The molecule has 0 radical (unpaired) electrons. The Bertz CT molecular complexity index is 875. The number of carbonyl (C=O) groups excluding carboxylic acids is 1. The summed E-state index contributed by atoms with van der Waals surface area (Å²) in [6, 6.07) is 10.0. The van der Waals surface area contributed by atoms with Crippen LogP contribution in [-0.4, -0.2) is 15.6 Å². The molecule has 0 aliphatic rings. The summed E-state index contributed by atoms with van der Waals surface area (Å²) >= 11 is 1.64. The van der Waals surface area contributed by atoms with Crippen LogP contribution in [0.25, 0.3) is 11.8 Å². The van der Waals surface area contributed by atoms with Crippen molar-refractivity contribution in [2.45, 2.75) is 13.8 Å². The highest BCUT2D eigenvalue weighted by Crippen LogP contribution is 2.18. The van der Waals surface area contributed by atoms with Crippen molar-refractivity contribution < 1.29 is 9.18 Å². The van der Waals surface area contributed by atoms with E-state index in [2.05, 4.69) is 5.10 Å². The van der Waals surface area contributed by atoms with E-state index in [0.29, 0.717) is 5.56 Å². The van der Waals surface area contributed by atoms with Crippen LogP contribution in [-0.2, 0) is 0 Å². The second-order valence-electron chi connectivity index (χ2n) is 5.18. The zero-order valence-electron chi connectivity index (χ0n) is 12.8. The maximum atomic E-state index is 13.0. The summed E-state index contributed by atoms with van der Waals surface area (Å²) in [5.74, 6) is -0.397. The van der Waals surface area contributed by atoms with E-state index in [1.807, 2.05) is 32.1 Å². The lowest BCUT2D eigenvalue weighted by Crippen LogP contribution is -2.01.